The lowest BCUT2D eigenvalue weighted by molar-refractivity contribution is 0.270. The van der Waals surface area contributed by atoms with Crippen molar-refractivity contribution in [2.24, 2.45) is 0 Å². The van der Waals surface area contributed by atoms with Crippen molar-refractivity contribution >= 4 is 21.9 Å². The molecular weight excluding hydrogens is 615 g/mol. The van der Waals surface area contributed by atoms with Crippen LogP contribution in [0.15, 0.2) is 168 Å². The van der Waals surface area contributed by atoms with Crippen molar-refractivity contribution < 1.29 is 9.15 Å². The number of benzene rings is 6. The molecule has 5 nitrogen and oxygen atoms in total. The van der Waals surface area contributed by atoms with Gasteiger partial charge in [-0.25, -0.2) is 15.0 Å². The number of hydrogen-bond donors (Lipinski definition) is 0. The molecule has 2 aromatic heterocycles. The summed E-state index contributed by atoms with van der Waals surface area (Å²) < 4.78 is 13.3. The van der Waals surface area contributed by atoms with E-state index in [0.29, 0.717) is 17.5 Å². The Labute approximate surface area is 288 Å². The zero-order valence-electron chi connectivity index (χ0n) is 26.9. The van der Waals surface area contributed by atoms with E-state index in [4.69, 9.17) is 24.1 Å². The van der Waals surface area contributed by atoms with E-state index in [1.165, 1.54) is 5.56 Å². The molecule has 2 atom stereocenters. The van der Waals surface area contributed by atoms with Gasteiger partial charge in [0.25, 0.3) is 0 Å². The fourth-order valence-corrected chi connectivity index (χ4v) is 7.31. The number of aromatic nitrogens is 3. The molecule has 2 unspecified atom stereocenters. The van der Waals surface area contributed by atoms with Crippen molar-refractivity contribution in [3.63, 3.8) is 0 Å². The van der Waals surface area contributed by atoms with E-state index in [-0.39, 0.29) is 12.0 Å². The minimum atomic E-state index is 0.00372. The van der Waals surface area contributed by atoms with Crippen LogP contribution in [0.25, 0.3) is 78.4 Å². The Balaban J connectivity index is 1.14. The molecule has 50 heavy (non-hydrogen) atoms. The van der Waals surface area contributed by atoms with Crippen molar-refractivity contribution in [3.8, 4) is 62.2 Å². The number of para-hydroxylation sites is 2. The first-order chi connectivity index (χ1) is 24.8. The summed E-state index contributed by atoms with van der Waals surface area (Å²) in [6, 6.07) is 47.7. The second-order valence-electron chi connectivity index (χ2n) is 12.7. The number of allylic oxidation sites excluding steroid dienone is 2. The third-order valence-electron chi connectivity index (χ3n) is 9.71. The van der Waals surface area contributed by atoms with Crippen LogP contribution in [0.5, 0.6) is 5.75 Å². The molecular formula is C45H29N3O2. The summed E-state index contributed by atoms with van der Waals surface area (Å²) in [5, 5.41) is 1.96. The monoisotopic (exact) mass is 643 g/mol. The number of nitrogens with zero attached hydrogens (tertiary/aromatic N) is 3. The van der Waals surface area contributed by atoms with Crippen LogP contribution in [0.1, 0.15) is 11.5 Å². The summed E-state index contributed by atoms with van der Waals surface area (Å²) >= 11 is 0. The van der Waals surface area contributed by atoms with Crippen molar-refractivity contribution in [1.29, 1.82) is 0 Å². The molecule has 0 fully saturated rings. The van der Waals surface area contributed by atoms with Gasteiger partial charge in [0.1, 0.15) is 23.0 Å². The normalized spacial score (nSPS) is 16.0. The fourth-order valence-electron chi connectivity index (χ4n) is 7.31. The van der Waals surface area contributed by atoms with Crippen molar-refractivity contribution in [1.82, 2.24) is 15.0 Å². The van der Waals surface area contributed by atoms with E-state index < -0.39 is 0 Å². The smallest absolute Gasteiger partial charge is 0.164 e. The lowest BCUT2D eigenvalue weighted by Gasteiger charge is -2.14. The molecule has 10 rings (SSSR count). The molecule has 6 aromatic carbocycles. The van der Waals surface area contributed by atoms with Gasteiger partial charge in [-0.3, -0.25) is 0 Å². The van der Waals surface area contributed by atoms with Gasteiger partial charge < -0.3 is 9.15 Å². The van der Waals surface area contributed by atoms with Gasteiger partial charge in [-0.15, -0.1) is 0 Å². The van der Waals surface area contributed by atoms with Crippen LogP contribution in [0.4, 0.5) is 0 Å². The number of furan rings is 1. The molecule has 3 heterocycles. The minimum Gasteiger partial charge on any atom is -0.484 e. The second kappa shape index (κ2) is 11.5. The quantitative estimate of drug-likeness (QED) is 0.187. The predicted molar refractivity (Wildman–Crippen MR) is 200 cm³/mol. The van der Waals surface area contributed by atoms with Crippen LogP contribution in [-0.4, -0.2) is 21.1 Å². The van der Waals surface area contributed by atoms with Crippen LogP contribution >= 0.6 is 0 Å². The van der Waals surface area contributed by atoms with Crippen LogP contribution in [-0.2, 0) is 0 Å². The van der Waals surface area contributed by atoms with E-state index >= 15 is 0 Å². The Morgan fingerprint density at radius 1 is 0.460 bits per heavy atom. The van der Waals surface area contributed by atoms with Gasteiger partial charge in [0.05, 0.1) is 0 Å². The van der Waals surface area contributed by atoms with Gasteiger partial charge in [-0.05, 0) is 23.3 Å². The maximum Gasteiger partial charge on any atom is 0.164 e. The molecule has 0 spiro atoms. The van der Waals surface area contributed by atoms with E-state index in [2.05, 4.69) is 115 Å². The Kier molecular flexibility index (Phi) is 6.56. The summed E-state index contributed by atoms with van der Waals surface area (Å²) in [7, 11) is 0. The van der Waals surface area contributed by atoms with Gasteiger partial charge in [-0.2, -0.15) is 0 Å². The number of fused-ring (bicyclic) bond motifs is 6. The molecule has 1 aliphatic carbocycles. The Bertz CT molecular complexity index is 2620. The van der Waals surface area contributed by atoms with Crippen LogP contribution in [0.2, 0.25) is 0 Å². The average molecular weight is 644 g/mol. The fraction of sp³-hybridized carbons (Fsp3) is 0.0444. The lowest BCUT2D eigenvalue weighted by Crippen LogP contribution is -2.15. The number of rotatable bonds is 5. The SMILES string of the molecule is C1=CC2Oc3c(-c4cccc5c4oc4cccc(-c6nc(-c7ccccc7)nc(-c7ccc(-c8ccccc8)cc7)n6)c45)cccc3C2C=C1. The van der Waals surface area contributed by atoms with Gasteiger partial charge in [0, 0.05) is 50.1 Å². The Morgan fingerprint density at radius 2 is 1.06 bits per heavy atom. The zero-order valence-corrected chi connectivity index (χ0v) is 26.9. The molecule has 1 aliphatic heterocycles. The maximum atomic E-state index is 6.71. The van der Waals surface area contributed by atoms with Crippen LogP contribution < -0.4 is 4.74 Å². The first-order valence-corrected chi connectivity index (χ1v) is 16.9. The highest BCUT2D eigenvalue weighted by atomic mass is 16.5. The van der Waals surface area contributed by atoms with Gasteiger partial charge >= 0.3 is 0 Å². The Morgan fingerprint density at radius 3 is 1.86 bits per heavy atom. The summed E-state index contributed by atoms with van der Waals surface area (Å²) in [6.45, 7) is 0. The lowest BCUT2D eigenvalue weighted by atomic mass is 9.90. The molecule has 236 valence electrons. The van der Waals surface area contributed by atoms with E-state index in [1.807, 2.05) is 48.5 Å². The Hall–Kier alpha value is -6.59. The zero-order chi connectivity index (χ0) is 33.0. The van der Waals surface area contributed by atoms with E-state index in [9.17, 15) is 0 Å². The topological polar surface area (TPSA) is 61.0 Å². The average Bonchev–Trinajstić information content (AvgIpc) is 3.77. The number of ether oxygens (including phenoxy) is 1. The molecule has 8 aromatic rings. The minimum absolute atomic E-state index is 0.00372. The third-order valence-corrected chi connectivity index (χ3v) is 9.71. The molecule has 5 heteroatoms. The standard InChI is InChI=1S/C45H29N3O2/c1-3-12-28(13-4-1)29-24-26-31(27-25-29)44-46-43(30-14-5-2-6-15-30)47-45(48-44)37-21-11-23-39-40(37)36-20-10-19-35(42(36)50-39)34-18-9-17-33-32-16-7-8-22-38(32)49-41(33)34/h1-27,32,38H. The first kappa shape index (κ1) is 28.4. The summed E-state index contributed by atoms with van der Waals surface area (Å²) in [5.41, 5.74) is 9.82. The van der Waals surface area contributed by atoms with Gasteiger partial charge in [0.15, 0.2) is 17.5 Å². The summed E-state index contributed by atoms with van der Waals surface area (Å²) in [5.74, 6) is 2.94. The first-order valence-electron chi connectivity index (χ1n) is 16.9. The molecule has 0 radical (unpaired) electrons. The molecule has 0 saturated heterocycles. The summed E-state index contributed by atoms with van der Waals surface area (Å²) in [4.78, 5) is 15.2. The largest absolute Gasteiger partial charge is 0.484 e. The highest BCUT2D eigenvalue weighted by Crippen LogP contribution is 2.49. The third kappa shape index (κ3) is 4.66. The maximum absolute atomic E-state index is 6.71. The number of hydrogen-bond acceptors (Lipinski definition) is 5. The molecule has 0 saturated carbocycles. The predicted octanol–water partition coefficient (Wildman–Crippen LogP) is 11.1. The highest BCUT2D eigenvalue weighted by molar-refractivity contribution is 6.15. The van der Waals surface area contributed by atoms with Crippen molar-refractivity contribution in [2.75, 3.05) is 0 Å². The molecule has 2 aliphatic rings. The highest BCUT2D eigenvalue weighted by Gasteiger charge is 2.34. The van der Waals surface area contributed by atoms with E-state index in [0.717, 1.165) is 66.6 Å². The second-order valence-corrected chi connectivity index (χ2v) is 12.7. The van der Waals surface area contributed by atoms with Crippen LogP contribution in [0, 0.1) is 0 Å². The molecule has 0 bridgehead atoms. The van der Waals surface area contributed by atoms with Gasteiger partial charge in [-0.1, -0.05) is 152 Å². The molecule has 0 N–H and O–H groups in total. The van der Waals surface area contributed by atoms with E-state index in [1.54, 1.807) is 0 Å². The van der Waals surface area contributed by atoms with Gasteiger partial charge in [0.2, 0.25) is 0 Å². The van der Waals surface area contributed by atoms with Crippen LogP contribution in [0.3, 0.4) is 0 Å². The summed E-state index contributed by atoms with van der Waals surface area (Å²) in [6.07, 6.45) is 8.52. The van der Waals surface area contributed by atoms with Crippen molar-refractivity contribution in [2.45, 2.75) is 12.0 Å². The molecule has 0 amide bonds. The van der Waals surface area contributed by atoms with Crippen molar-refractivity contribution in [3.05, 3.63) is 169 Å².